The number of thiazole rings is 1. The molecule has 88 valence electrons. The second kappa shape index (κ2) is 5.36. The molecule has 3 N–H and O–H groups in total. The van der Waals surface area contributed by atoms with E-state index in [0.717, 1.165) is 5.69 Å². The Balaban J connectivity index is 2.60. The van der Waals surface area contributed by atoms with E-state index in [0.29, 0.717) is 13.0 Å². The molecule has 0 aliphatic carbocycles. The predicted molar refractivity (Wildman–Crippen MR) is 69.1 cm³/mol. The highest BCUT2D eigenvalue weighted by molar-refractivity contribution is 7.80. The highest BCUT2D eigenvalue weighted by Crippen LogP contribution is 2.21. The van der Waals surface area contributed by atoms with Crippen molar-refractivity contribution in [3.63, 3.8) is 0 Å². The molecule has 0 bridgehead atoms. The van der Waals surface area contributed by atoms with Crippen molar-refractivity contribution in [3.05, 3.63) is 16.6 Å². The van der Waals surface area contributed by atoms with Crippen LogP contribution in [0.15, 0.2) is 10.9 Å². The van der Waals surface area contributed by atoms with Crippen molar-refractivity contribution in [2.45, 2.75) is 26.8 Å². The fourth-order valence-electron chi connectivity index (χ4n) is 1.14. The van der Waals surface area contributed by atoms with E-state index in [2.05, 4.69) is 10.3 Å². The molecule has 0 aromatic carbocycles. The van der Waals surface area contributed by atoms with E-state index < -0.39 is 5.41 Å². The summed E-state index contributed by atoms with van der Waals surface area (Å²) < 4.78 is 0. The lowest BCUT2D eigenvalue weighted by atomic mass is 9.86. The van der Waals surface area contributed by atoms with Crippen molar-refractivity contribution in [3.8, 4) is 0 Å². The lowest BCUT2D eigenvalue weighted by molar-refractivity contribution is -0.127. The zero-order valence-corrected chi connectivity index (χ0v) is 11.0. The molecule has 1 atom stereocenters. The quantitative estimate of drug-likeness (QED) is 0.784. The molecule has 0 fully saturated rings. The largest absolute Gasteiger partial charge is 0.392 e. The van der Waals surface area contributed by atoms with Gasteiger partial charge < -0.3 is 11.1 Å². The minimum absolute atomic E-state index is 0.143. The molecule has 0 radical (unpaired) electrons. The lowest BCUT2D eigenvalue weighted by Crippen LogP contribution is -2.46. The molecule has 1 unspecified atom stereocenters. The molecular weight excluding hydrogens is 242 g/mol. The Morgan fingerprint density at radius 1 is 1.75 bits per heavy atom. The Morgan fingerprint density at radius 3 is 2.88 bits per heavy atom. The predicted octanol–water partition coefficient (Wildman–Crippen LogP) is 1.46. The molecule has 1 amide bonds. The molecule has 0 aliphatic rings. The van der Waals surface area contributed by atoms with Gasteiger partial charge in [-0.2, -0.15) is 0 Å². The van der Waals surface area contributed by atoms with E-state index in [1.54, 1.807) is 12.4 Å². The third-order valence-electron chi connectivity index (χ3n) is 2.67. The number of rotatable bonds is 5. The number of hydrogen-bond donors (Lipinski definition) is 2. The summed E-state index contributed by atoms with van der Waals surface area (Å²) in [5.74, 6) is -0.143. The molecule has 0 spiro atoms. The summed E-state index contributed by atoms with van der Waals surface area (Å²) in [6.07, 6.45) is 0.589. The van der Waals surface area contributed by atoms with Crippen LogP contribution in [0.25, 0.3) is 0 Å². The van der Waals surface area contributed by atoms with Crippen molar-refractivity contribution in [2.75, 3.05) is 0 Å². The maximum Gasteiger partial charge on any atom is 0.233 e. The number of nitrogens with two attached hydrogens (primary N) is 1. The van der Waals surface area contributed by atoms with Gasteiger partial charge in [-0.1, -0.05) is 19.1 Å². The van der Waals surface area contributed by atoms with Crippen LogP contribution in [0.5, 0.6) is 0 Å². The average molecular weight is 257 g/mol. The van der Waals surface area contributed by atoms with Crippen LogP contribution in [-0.2, 0) is 11.3 Å². The second-order valence-corrected chi connectivity index (χ2v) is 4.87. The Kier molecular flexibility index (Phi) is 4.37. The fraction of sp³-hybridized carbons (Fsp3) is 0.500. The normalized spacial score (nSPS) is 14.1. The summed E-state index contributed by atoms with van der Waals surface area (Å²) in [5.41, 5.74) is 7.39. The molecule has 1 aromatic rings. The number of nitrogens with zero attached hydrogens (tertiary/aromatic N) is 1. The van der Waals surface area contributed by atoms with Gasteiger partial charge in [0, 0.05) is 5.38 Å². The molecular formula is C10H15N3OS2. The lowest BCUT2D eigenvalue weighted by Gasteiger charge is -2.25. The number of carbonyl (C=O) groups excluding carboxylic acids is 1. The van der Waals surface area contributed by atoms with E-state index >= 15 is 0 Å². The minimum Gasteiger partial charge on any atom is -0.392 e. The smallest absolute Gasteiger partial charge is 0.233 e. The van der Waals surface area contributed by atoms with Crippen molar-refractivity contribution >= 4 is 34.5 Å². The van der Waals surface area contributed by atoms with E-state index in [1.807, 2.05) is 12.3 Å². The zero-order valence-electron chi connectivity index (χ0n) is 9.32. The molecule has 0 saturated heterocycles. The summed E-state index contributed by atoms with van der Waals surface area (Å²) in [7, 11) is 0. The van der Waals surface area contributed by atoms with Gasteiger partial charge in [-0.3, -0.25) is 4.79 Å². The topological polar surface area (TPSA) is 68.0 Å². The van der Waals surface area contributed by atoms with Gasteiger partial charge in [-0.05, 0) is 13.3 Å². The molecule has 0 aliphatic heterocycles. The van der Waals surface area contributed by atoms with Gasteiger partial charge in [0.1, 0.15) is 0 Å². The van der Waals surface area contributed by atoms with E-state index in [-0.39, 0.29) is 10.9 Å². The molecule has 1 rings (SSSR count). The maximum atomic E-state index is 11.9. The summed E-state index contributed by atoms with van der Waals surface area (Å²) in [6.45, 7) is 4.06. The van der Waals surface area contributed by atoms with Gasteiger partial charge >= 0.3 is 0 Å². The number of thiocarbonyl (C=S) groups is 1. The van der Waals surface area contributed by atoms with Crippen LogP contribution in [-0.4, -0.2) is 15.9 Å². The van der Waals surface area contributed by atoms with Crippen LogP contribution in [0.2, 0.25) is 0 Å². The van der Waals surface area contributed by atoms with Gasteiger partial charge in [0.25, 0.3) is 0 Å². The number of carbonyl (C=O) groups is 1. The van der Waals surface area contributed by atoms with Crippen LogP contribution in [0, 0.1) is 5.41 Å². The van der Waals surface area contributed by atoms with Crippen LogP contribution in [0.4, 0.5) is 0 Å². The van der Waals surface area contributed by atoms with Crippen molar-refractivity contribution in [1.29, 1.82) is 0 Å². The van der Waals surface area contributed by atoms with E-state index in [4.69, 9.17) is 18.0 Å². The highest BCUT2D eigenvalue weighted by Gasteiger charge is 2.34. The van der Waals surface area contributed by atoms with Crippen LogP contribution < -0.4 is 11.1 Å². The van der Waals surface area contributed by atoms with Crippen LogP contribution in [0.1, 0.15) is 26.0 Å². The highest BCUT2D eigenvalue weighted by atomic mass is 32.1. The number of nitrogens with one attached hydrogen (secondary N) is 1. The number of aromatic nitrogens is 1. The van der Waals surface area contributed by atoms with Gasteiger partial charge in [-0.15, -0.1) is 11.3 Å². The first-order valence-electron chi connectivity index (χ1n) is 4.96. The monoisotopic (exact) mass is 257 g/mol. The van der Waals surface area contributed by atoms with Gasteiger partial charge in [0.15, 0.2) is 0 Å². The van der Waals surface area contributed by atoms with E-state index in [1.165, 1.54) is 11.3 Å². The van der Waals surface area contributed by atoms with Gasteiger partial charge in [-0.25, -0.2) is 4.98 Å². The Hall–Kier alpha value is -1.01. The SMILES string of the molecule is CCC(C)(C(=O)NCc1cscn1)C(N)=S. The van der Waals surface area contributed by atoms with Crippen LogP contribution in [0.3, 0.4) is 0 Å². The average Bonchev–Trinajstić information content (AvgIpc) is 2.77. The molecule has 1 aromatic heterocycles. The summed E-state index contributed by atoms with van der Waals surface area (Å²) in [6, 6.07) is 0. The standard InChI is InChI=1S/C10H15N3OS2/c1-3-10(2,8(11)15)9(14)12-4-7-5-16-6-13-7/h5-6H,3-4H2,1-2H3,(H2,11,15)(H,12,14). The third kappa shape index (κ3) is 2.76. The molecule has 6 heteroatoms. The summed E-state index contributed by atoms with van der Waals surface area (Å²) >= 11 is 6.42. The maximum absolute atomic E-state index is 11.9. The molecule has 16 heavy (non-hydrogen) atoms. The van der Waals surface area contributed by atoms with E-state index in [9.17, 15) is 4.79 Å². The minimum atomic E-state index is -0.772. The molecule has 1 heterocycles. The summed E-state index contributed by atoms with van der Waals surface area (Å²) in [5, 5.41) is 4.69. The van der Waals surface area contributed by atoms with Crippen molar-refractivity contribution in [1.82, 2.24) is 10.3 Å². The Morgan fingerprint density at radius 2 is 2.44 bits per heavy atom. The first-order chi connectivity index (χ1) is 7.50. The number of hydrogen-bond acceptors (Lipinski definition) is 4. The first-order valence-corrected chi connectivity index (χ1v) is 6.31. The molecule has 4 nitrogen and oxygen atoms in total. The Bertz CT molecular complexity index is 377. The third-order valence-corrected chi connectivity index (χ3v) is 3.75. The summed E-state index contributed by atoms with van der Waals surface area (Å²) in [4.78, 5) is 16.2. The molecule has 0 saturated carbocycles. The van der Waals surface area contributed by atoms with Gasteiger partial charge in [0.2, 0.25) is 5.91 Å². The van der Waals surface area contributed by atoms with Crippen molar-refractivity contribution in [2.24, 2.45) is 11.1 Å². The Labute approximate surface area is 104 Å². The fourth-order valence-corrected chi connectivity index (χ4v) is 1.93. The van der Waals surface area contributed by atoms with Crippen LogP contribution >= 0.6 is 23.6 Å². The van der Waals surface area contributed by atoms with Gasteiger partial charge in [0.05, 0.1) is 28.2 Å². The second-order valence-electron chi connectivity index (χ2n) is 3.71. The first kappa shape index (κ1) is 13.1. The zero-order chi connectivity index (χ0) is 12.2. The van der Waals surface area contributed by atoms with Crippen molar-refractivity contribution < 1.29 is 4.79 Å². The number of amides is 1.